The van der Waals surface area contributed by atoms with E-state index >= 15 is 0 Å². The number of ether oxygens (including phenoxy) is 1. The average Bonchev–Trinajstić information content (AvgIpc) is 2.07. The summed E-state index contributed by atoms with van der Waals surface area (Å²) in [4.78, 5) is 11.1. The SMILES string of the molecule is CCOC(=O)C1=CCCNC1.Cl. The van der Waals surface area contributed by atoms with Gasteiger partial charge in [-0.3, -0.25) is 0 Å². The third kappa shape index (κ3) is 3.24. The predicted molar refractivity (Wildman–Crippen MR) is 49.5 cm³/mol. The fourth-order valence-electron chi connectivity index (χ4n) is 1.02. The van der Waals surface area contributed by atoms with Crippen LogP contribution in [0.5, 0.6) is 0 Å². The highest BCUT2D eigenvalue weighted by Crippen LogP contribution is 2.02. The number of carbonyl (C=O) groups excluding carboxylic acids is 1. The fraction of sp³-hybridized carbons (Fsp3) is 0.625. The fourth-order valence-corrected chi connectivity index (χ4v) is 1.02. The smallest absolute Gasteiger partial charge is 0.334 e. The first-order valence-corrected chi connectivity index (χ1v) is 3.91. The van der Waals surface area contributed by atoms with Gasteiger partial charge in [0.05, 0.1) is 6.61 Å². The van der Waals surface area contributed by atoms with E-state index in [1.165, 1.54) is 0 Å². The van der Waals surface area contributed by atoms with Gasteiger partial charge in [0.15, 0.2) is 0 Å². The Morgan fingerprint density at radius 3 is 3.00 bits per heavy atom. The van der Waals surface area contributed by atoms with Crippen LogP contribution in [-0.2, 0) is 9.53 Å². The van der Waals surface area contributed by atoms with Crippen LogP contribution in [0.2, 0.25) is 0 Å². The molecule has 0 spiro atoms. The van der Waals surface area contributed by atoms with E-state index in [1.54, 1.807) is 0 Å². The molecule has 1 aliphatic rings. The molecular formula is C8H14ClNO2. The summed E-state index contributed by atoms with van der Waals surface area (Å²) in [7, 11) is 0. The summed E-state index contributed by atoms with van der Waals surface area (Å²) >= 11 is 0. The predicted octanol–water partition coefficient (Wildman–Crippen LogP) is 0.891. The van der Waals surface area contributed by atoms with Gasteiger partial charge in [-0.1, -0.05) is 6.08 Å². The van der Waals surface area contributed by atoms with Gasteiger partial charge < -0.3 is 10.1 Å². The van der Waals surface area contributed by atoms with Gasteiger partial charge in [-0.2, -0.15) is 0 Å². The number of esters is 1. The Labute approximate surface area is 78.6 Å². The zero-order chi connectivity index (χ0) is 8.10. The van der Waals surface area contributed by atoms with E-state index in [0.29, 0.717) is 13.2 Å². The van der Waals surface area contributed by atoms with Gasteiger partial charge in [-0.25, -0.2) is 4.79 Å². The van der Waals surface area contributed by atoms with Crippen LogP contribution in [0, 0.1) is 0 Å². The van der Waals surface area contributed by atoms with Crippen molar-refractivity contribution < 1.29 is 9.53 Å². The minimum absolute atomic E-state index is 0. The number of hydrogen-bond donors (Lipinski definition) is 1. The lowest BCUT2D eigenvalue weighted by Crippen LogP contribution is -2.26. The van der Waals surface area contributed by atoms with Gasteiger partial charge in [0, 0.05) is 12.1 Å². The largest absolute Gasteiger partial charge is 0.463 e. The molecule has 0 aromatic carbocycles. The van der Waals surface area contributed by atoms with E-state index in [9.17, 15) is 4.79 Å². The monoisotopic (exact) mass is 191 g/mol. The molecule has 0 radical (unpaired) electrons. The van der Waals surface area contributed by atoms with E-state index < -0.39 is 0 Å². The Hall–Kier alpha value is -0.540. The highest BCUT2D eigenvalue weighted by Gasteiger charge is 2.11. The maximum atomic E-state index is 11.1. The number of nitrogens with one attached hydrogen (secondary N) is 1. The molecule has 0 fully saturated rings. The number of carbonyl (C=O) groups is 1. The zero-order valence-electron chi connectivity index (χ0n) is 7.13. The molecule has 1 rings (SSSR count). The quantitative estimate of drug-likeness (QED) is 0.659. The summed E-state index contributed by atoms with van der Waals surface area (Å²) < 4.78 is 4.83. The third-order valence-electron chi connectivity index (χ3n) is 1.56. The van der Waals surface area contributed by atoms with Crippen molar-refractivity contribution in [1.29, 1.82) is 0 Å². The molecule has 0 aromatic heterocycles. The second-order valence-corrected chi connectivity index (χ2v) is 2.42. The first-order chi connectivity index (χ1) is 5.34. The highest BCUT2D eigenvalue weighted by molar-refractivity contribution is 5.89. The minimum atomic E-state index is -0.181. The summed E-state index contributed by atoms with van der Waals surface area (Å²) in [5.74, 6) is -0.181. The van der Waals surface area contributed by atoms with Crippen molar-refractivity contribution >= 4 is 18.4 Å². The van der Waals surface area contributed by atoms with Crippen LogP contribution in [0.1, 0.15) is 13.3 Å². The second-order valence-electron chi connectivity index (χ2n) is 2.42. The average molecular weight is 192 g/mol. The van der Waals surface area contributed by atoms with Crippen LogP contribution >= 0.6 is 12.4 Å². The standard InChI is InChI=1S/C8H13NO2.ClH/c1-2-11-8(10)7-4-3-5-9-6-7;/h4,9H,2-3,5-6H2,1H3;1H. The number of hydrogen-bond acceptors (Lipinski definition) is 3. The van der Waals surface area contributed by atoms with Gasteiger partial charge in [-0.05, 0) is 19.9 Å². The number of rotatable bonds is 2. The van der Waals surface area contributed by atoms with Crippen LogP contribution in [0.25, 0.3) is 0 Å². The maximum Gasteiger partial charge on any atom is 0.334 e. The lowest BCUT2D eigenvalue weighted by molar-refractivity contribution is -0.138. The van der Waals surface area contributed by atoms with Gasteiger partial charge in [0.1, 0.15) is 0 Å². The van der Waals surface area contributed by atoms with Crippen LogP contribution in [-0.4, -0.2) is 25.7 Å². The van der Waals surface area contributed by atoms with Gasteiger partial charge in [-0.15, -0.1) is 12.4 Å². The lowest BCUT2D eigenvalue weighted by Gasteiger charge is -2.12. The summed E-state index contributed by atoms with van der Waals surface area (Å²) in [6, 6.07) is 0. The van der Waals surface area contributed by atoms with E-state index in [2.05, 4.69) is 5.32 Å². The molecule has 0 saturated heterocycles. The van der Waals surface area contributed by atoms with E-state index in [4.69, 9.17) is 4.74 Å². The molecule has 1 aliphatic heterocycles. The molecule has 0 atom stereocenters. The maximum absolute atomic E-state index is 11.1. The molecule has 70 valence electrons. The molecule has 0 amide bonds. The molecule has 0 aliphatic carbocycles. The second kappa shape index (κ2) is 6.03. The molecule has 0 unspecified atom stereocenters. The summed E-state index contributed by atoms with van der Waals surface area (Å²) in [6.07, 6.45) is 2.86. The Morgan fingerprint density at radius 1 is 1.75 bits per heavy atom. The normalized spacial score (nSPS) is 15.9. The van der Waals surface area contributed by atoms with E-state index in [1.807, 2.05) is 13.0 Å². The van der Waals surface area contributed by atoms with Crippen molar-refractivity contribution in [2.75, 3.05) is 19.7 Å². The van der Waals surface area contributed by atoms with Gasteiger partial charge in [0.25, 0.3) is 0 Å². The van der Waals surface area contributed by atoms with E-state index in [-0.39, 0.29) is 18.4 Å². The molecule has 12 heavy (non-hydrogen) atoms. The van der Waals surface area contributed by atoms with Gasteiger partial charge in [0.2, 0.25) is 0 Å². The summed E-state index contributed by atoms with van der Waals surface area (Å²) in [6.45, 7) is 3.88. The molecule has 0 aromatic rings. The van der Waals surface area contributed by atoms with Gasteiger partial charge >= 0.3 is 5.97 Å². The molecular weight excluding hydrogens is 178 g/mol. The van der Waals surface area contributed by atoms with Crippen molar-refractivity contribution in [3.05, 3.63) is 11.6 Å². The van der Waals surface area contributed by atoms with Crippen molar-refractivity contribution in [2.45, 2.75) is 13.3 Å². The Bertz CT molecular complexity index is 180. The van der Waals surface area contributed by atoms with Crippen LogP contribution in [0.4, 0.5) is 0 Å². The Kier molecular flexibility index (Phi) is 5.76. The number of halogens is 1. The van der Waals surface area contributed by atoms with Crippen LogP contribution < -0.4 is 5.32 Å². The van der Waals surface area contributed by atoms with E-state index in [0.717, 1.165) is 18.5 Å². The van der Waals surface area contributed by atoms with Crippen molar-refractivity contribution in [3.63, 3.8) is 0 Å². The van der Waals surface area contributed by atoms with Crippen molar-refractivity contribution in [1.82, 2.24) is 5.32 Å². The topological polar surface area (TPSA) is 38.3 Å². The molecule has 1 N–H and O–H groups in total. The van der Waals surface area contributed by atoms with Crippen molar-refractivity contribution in [2.24, 2.45) is 0 Å². The molecule has 0 saturated carbocycles. The molecule has 1 heterocycles. The molecule has 3 nitrogen and oxygen atoms in total. The Balaban J connectivity index is 0.00000121. The lowest BCUT2D eigenvalue weighted by atomic mass is 10.1. The zero-order valence-corrected chi connectivity index (χ0v) is 7.95. The molecule has 0 bridgehead atoms. The Morgan fingerprint density at radius 2 is 2.50 bits per heavy atom. The van der Waals surface area contributed by atoms with Crippen LogP contribution in [0.3, 0.4) is 0 Å². The highest BCUT2D eigenvalue weighted by atomic mass is 35.5. The van der Waals surface area contributed by atoms with Crippen LogP contribution in [0.15, 0.2) is 11.6 Å². The first kappa shape index (κ1) is 11.5. The van der Waals surface area contributed by atoms with Crippen molar-refractivity contribution in [3.8, 4) is 0 Å². The molecule has 4 heteroatoms. The first-order valence-electron chi connectivity index (χ1n) is 3.91. The minimum Gasteiger partial charge on any atom is -0.463 e. The summed E-state index contributed by atoms with van der Waals surface area (Å²) in [5.41, 5.74) is 0.762. The summed E-state index contributed by atoms with van der Waals surface area (Å²) in [5, 5.41) is 3.11. The third-order valence-corrected chi connectivity index (χ3v) is 1.56.